The molecular weight excluding hydrogens is 468 g/mol. The van der Waals surface area contributed by atoms with Gasteiger partial charge in [0, 0.05) is 25.6 Å². The summed E-state index contributed by atoms with van der Waals surface area (Å²) in [4.78, 5) is 36.8. The molecule has 0 atom stereocenters. The van der Waals surface area contributed by atoms with E-state index in [4.69, 9.17) is 21.4 Å². The van der Waals surface area contributed by atoms with Gasteiger partial charge in [-0.25, -0.2) is 4.98 Å². The number of halogens is 1. The number of benzene rings is 1. The number of aliphatic carboxylic acids is 1. The zero-order chi connectivity index (χ0) is 24.5. The fourth-order valence-electron chi connectivity index (χ4n) is 4.80. The van der Waals surface area contributed by atoms with Crippen molar-refractivity contribution < 1.29 is 19.4 Å². The van der Waals surface area contributed by atoms with E-state index in [0.29, 0.717) is 60.1 Å². The van der Waals surface area contributed by atoms with Gasteiger partial charge in [-0.15, -0.1) is 0 Å². The number of imidazole rings is 1. The lowest BCUT2D eigenvalue weighted by Gasteiger charge is -2.25. The molecule has 2 N–H and O–H groups in total. The molecule has 3 aromatic rings. The molecule has 1 aromatic carbocycles. The maximum atomic E-state index is 11.5. The molecule has 35 heavy (non-hydrogen) atoms. The number of rotatable bonds is 5. The quantitative estimate of drug-likeness (QED) is 0.520. The van der Waals surface area contributed by atoms with Crippen molar-refractivity contribution in [1.29, 1.82) is 0 Å². The largest absolute Gasteiger partial charge is 0.481 e. The molecular formula is C26H27ClN4O4. The average molecular weight is 495 g/mol. The number of carboxylic acids is 1. The molecule has 0 spiro atoms. The Hall–Kier alpha value is -3.39. The molecule has 0 unspecified atom stereocenters. The van der Waals surface area contributed by atoms with E-state index in [0.717, 1.165) is 24.1 Å². The molecule has 8 nitrogen and oxygen atoms in total. The molecule has 0 radical (unpaired) electrons. The van der Waals surface area contributed by atoms with Gasteiger partial charge in [0.25, 0.3) is 6.01 Å². The third-order valence-corrected chi connectivity index (χ3v) is 7.18. The number of nitrogens with zero attached hydrogens (tertiary/aromatic N) is 3. The topological polar surface area (TPSA) is 108 Å². The Balaban J connectivity index is 1.30. The molecule has 1 amide bonds. The second-order valence-corrected chi connectivity index (χ2v) is 9.59. The fraction of sp³-hybridized carbons (Fsp3) is 0.385. The van der Waals surface area contributed by atoms with Crippen molar-refractivity contribution in [2.24, 2.45) is 5.92 Å². The molecule has 9 heteroatoms. The Morgan fingerprint density at radius 3 is 2.46 bits per heavy atom. The minimum absolute atomic E-state index is 0.0646. The summed E-state index contributed by atoms with van der Waals surface area (Å²) in [6.45, 7) is 2.97. The van der Waals surface area contributed by atoms with Gasteiger partial charge in [0.1, 0.15) is 6.10 Å². The summed E-state index contributed by atoms with van der Waals surface area (Å²) >= 11 is 6.56. The molecule has 3 heterocycles. The van der Waals surface area contributed by atoms with Gasteiger partial charge in [-0.3, -0.25) is 9.59 Å². The van der Waals surface area contributed by atoms with E-state index < -0.39 is 5.97 Å². The van der Waals surface area contributed by atoms with Crippen LogP contribution in [0.25, 0.3) is 28.0 Å². The van der Waals surface area contributed by atoms with Crippen LogP contribution in [-0.2, 0) is 9.59 Å². The first-order chi connectivity index (χ1) is 16.9. The zero-order valence-corrected chi connectivity index (χ0v) is 20.2. The van der Waals surface area contributed by atoms with Crippen molar-refractivity contribution in [3.63, 3.8) is 0 Å². The van der Waals surface area contributed by atoms with E-state index in [1.807, 2.05) is 17.0 Å². The Morgan fingerprint density at radius 1 is 1.11 bits per heavy atom. The van der Waals surface area contributed by atoms with Gasteiger partial charge in [0.05, 0.1) is 22.2 Å². The van der Waals surface area contributed by atoms with Crippen molar-refractivity contribution in [2.45, 2.75) is 45.1 Å². The molecule has 1 fully saturated rings. The van der Waals surface area contributed by atoms with Crippen molar-refractivity contribution in [3.05, 3.63) is 47.0 Å². The van der Waals surface area contributed by atoms with Crippen LogP contribution < -0.4 is 4.74 Å². The van der Waals surface area contributed by atoms with Gasteiger partial charge >= 0.3 is 5.97 Å². The second-order valence-electron chi connectivity index (χ2n) is 9.18. The third kappa shape index (κ3) is 5.03. The Labute approximate surface area is 208 Å². The summed E-state index contributed by atoms with van der Waals surface area (Å²) in [6.07, 6.45) is 5.46. The van der Waals surface area contributed by atoms with E-state index in [9.17, 15) is 9.59 Å². The number of carboxylic acid groups (broad SMARTS) is 1. The van der Waals surface area contributed by atoms with Crippen LogP contribution in [0, 0.1) is 5.92 Å². The minimum atomic E-state index is -0.735. The van der Waals surface area contributed by atoms with Gasteiger partial charge in [-0.2, -0.15) is 4.98 Å². The van der Waals surface area contributed by atoms with Crippen LogP contribution in [-0.4, -0.2) is 56.0 Å². The Kier molecular flexibility index (Phi) is 6.47. The van der Waals surface area contributed by atoms with Crippen LogP contribution in [0.4, 0.5) is 0 Å². The highest BCUT2D eigenvalue weighted by molar-refractivity contribution is 6.33. The highest BCUT2D eigenvalue weighted by Gasteiger charge is 2.27. The first kappa shape index (κ1) is 23.4. The summed E-state index contributed by atoms with van der Waals surface area (Å²) in [5, 5.41) is 9.68. The number of hydrogen-bond acceptors (Lipinski definition) is 5. The van der Waals surface area contributed by atoms with Gasteiger partial charge in [-0.05, 0) is 49.3 Å². The lowest BCUT2D eigenvalue weighted by Crippen LogP contribution is -2.32. The van der Waals surface area contributed by atoms with Gasteiger partial charge in [-0.1, -0.05) is 41.9 Å². The molecule has 1 aliphatic carbocycles. The molecule has 5 rings (SSSR count). The van der Waals surface area contributed by atoms with Crippen LogP contribution in [0.3, 0.4) is 0 Å². The van der Waals surface area contributed by atoms with E-state index in [1.165, 1.54) is 5.57 Å². The number of fused-ring (bicyclic) bond motifs is 1. The molecule has 2 aliphatic rings. The number of carbonyl (C=O) groups excluding carboxylic acids is 1. The molecule has 1 saturated carbocycles. The van der Waals surface area contributed by atoms with E-state index in [2.05, 4.69) is 33.2 Å². The van der Waals surface area contributed by atoms with Crippen molar-refractivity contribution in [1.82, 2.24) is 19.9 Å². The monoisotopic (exact) mass is 494 g/mol. The van der Waals surface area contributed by atoms with Crippen LogP contribution in [0.15, 0.2) is 36.4 Å². The summed E-state index contributed by atoms with van der Waals surface area (Å²) in [6, 6.07) is 10.3. The number of aromatic amines is 1. The number of amides is 1. The third-order valence-electron chi connectivity index (χ3n) is 6.89. The van der Waals surface area contributed by atoms with Gasteiger partial charge in [0.2, 0.25) is 5.91 Å². The number of pyridine rings is 1. The number of nitrogens with one attached hydrogen (secondary N) is 1. The highest BCUT2D eigenvalue weighted by Crippen LogP contribution is 2.32. The lowest BCUT2D eigenvalue weighted by atomic mass is 9.87. The van der Waals surface area contributed by atoms with Gasteiger partial charge in [0.15, 0.2) is 5.65 Å². The zero-order valence-electron chi connectivity index (χ0n) is 19.5. The summed E-state index contributed by atoms with van der Waals surface area (Å²) in [7, 11) is 0. The Bertz CT molecular complexity index is 1290. The summed E-state index contributed by atoms with van der Waals surface area (Å²) in [5.74, 6) is -0.921. The predicted molar refractivity (Wildman–Crippen MR) is 133 cm³/mol. The van der Waals surface area contributed by atoms with E-state index in [-0.39, 0.29) is 17.9 Å². The highest BCUT2D eigenvalue weighted by atomic mass is 35.5. The molecule has 0 bridgehead atoms. The minimum Gasteiger partial charge on any atom is -0.481 e. The molecule has 0 saturated heterocycles. The number of carbonyl (C=O) groups is 2. The standard InChI is InChI=1S/C26H27ClN4O4/c1-15(32)31-12-10-17(11-13-31)16-2-4-18(5-3-16)23-21(27)14-22-24(29-23)30-26(28-22)35-20-8-6-19(7-9-20)25(33)34/h2-5,10,14,19-20H,6-9,11-13H2,1H3,(H,33,34)(H,28,29,30). The van der Waals surface area contributed by atoms with E-state index >= 15 is 0 Å². The Morgan fingerprint density at radius 2 is 1.83 bits per heavy atom. The van der Waals surface area contributed by atoms with Gasteiger partial charge < -0.3 is 19.7 Å². The fourth-order valence-corrected chi connectivity index (χ4v) is 5.06. The van der Waals surface area contributed by atoms with Crippen molar-refractivity contribution >= 4 is 40.2 Å². The lowest BCUT2D eigenvalue weighted by molar-refractivity contribution is -0.143. The van der Waals surface area contributed by atoms with Crippen LogP contribution in [0.2, 0.25) is 5.02 Å². The van der Waals surface area contributed by atoms with Crippen LogP contribution in [0.1, 0.15) is 44.6 Å². The van der Waals surface area contributed by atoms with Crippen LogP contribution in [0.5, 0.6) is 6.01 Å². The molecule has 2 aromatic heterocycles. The maximum absolute atomic E-state index is 11.5. The first-order valence-corrected chi connectivity index (χ1v) is 12.3. The smallest absolute Gasteiger partial charge is 0.306 e. The number of ether oxygens (including phenoxy) is 1. The first-order valence-electron chi connectivity index (χ1n) is 11.9. The van der Waals surface area contributed by atoms with Crippen molar-refractivity contribution in [3.8, 4) is 17.3 Å². The maximum Gasteiger partial charge on any atom is 0.306 e. The number of aromatic nitrogens is 3. The summed E-state index contributed by atoms with van der Waals surface area (Å²) < 4.78 is 5.99. The van der Waals surface area contributed by atoms with E-state index in [1.54, 1.807) is 13.0 Å². The summed E-state index contributed by atoms with van der Waals surface area (Å²) in [5.41, 5.74) is 5.09. The normalized spacial score (nSPS) is 20.5. The van der Waals surface area contributed by atoms with Crippen LogP contribution >= 0.6 is 11.6 Å². The SMILES string of the molecule is CC(=O)N1CC=C(c2ccc(-c3nc4nc(OC5CCC(C(=O)O)CC5)[nH]c4cc3Cl)cc2)CC1. The number of H-pyrrole nitrogens is 1. The molecule has 1 aliphatic heterocycles. The predicted octanol–water partition coefficient (Wildman–Crippen LogP) is 4.94. The number of hydrogen-bond donors (Lipinski definition) is 2. The average Bonchev–Trinajstić information content (AvgIpc) is 3.25. The molecule has 182 valence electrons. The van der Waals surface area contributed by atoms with Crippen molar-refractivity contribution in [2.75, 3.05) is 13.1 Å². The second kappa shape index (κ2) is 9.70.